The van der Waals surface area contributed by atoms with Crippen LogP contribution in [0.4, 0.5) is 0 Å². The fraction of sp³-hybridized carbons (Fsp3) is 0.300. The highest BCUT2D eigenvalue weighted by Gasteiger charge is 2.23. The molecule has 1 aliphatic rings. The Balaban J connectivity index is 1.79. The van der Waals surface area contributed by atoms with Crippen molar-refractivity contribution in [2.45, 2.75) is 30.8 Å². The molecule has 9 heteroatoms. The van der Waals surface area contributed by atoms with E-state index in [1.54, 1.807) is 4.90 Å². The molecular weight excluding hydrogens is 416 g/mol. The Morgan fingerprint density at radius 3 is 2.59 bits per heavy atom. The van der Waals surface area contributed by atoms with Crippen molar-refractivity contribution < 1.29 is 22.7 Å². The van der Waals surface area contributed by atoms with Crippen molar-refractivity contribution in [3.63, 3.8) is 0 Å². The maximum absolute atomic E-state index is 12.8. The zero-order valence-electron chi connectivity index (χ0n) is 15.9. The van der Waals surface area contributed by atoms with Gasteiger partial charge in [0, 0.05) is 26.1 Å². The summed E-state index contributed by atoms with van der Waals surface area (Å²) >= 11 is 6.06. The summed E-state index contributed by atoms with van der Waals surface area (Å²) in [5, 5.41) is 0.00102. The largest absolute Gasteiger partial charge is 0.465 e. The molecule has 3 rings (SSSR count). The molecule has 0 unspecified atom stereocenters. The number of methoxy groups -OCH3 is 1. The number of carbonyl (C=O) groups excluding carboxylic acids is 2. The van der Waals surface area contributed by atoms with Crippen LogP contribution in [-0.4, -0.2) is 38.8 Å². The molecular formula is C20H21ClN2O5S. The van der Waals surface area contributed by atoms with Gasteiger partial charge in [-0.1, -0.05) is 35.9 Å². The van der Waals surface area contributed by atoms with Crippen LogP contribution in [0.1, 0.15) is 34.3 Å². The predicted molar refractivity (Wildman–Crippen MR) is 108 cm³/mol. The van der Waals surface area contributed by atoms with E-state index in [1.165, 1.54) is 25.3 Å². The number of amides is 1. The Bertz CT molecular complexity index is 1040. The molecule has 0 aromatic heterocycles. The number of hydrogen-bond donors (Lipinski definition) is 1. The molecule has 1 aliphatic heterocycles. The van der Waals surface area contributed by atoms with Gasteiger partial charge in [0.1, 0.15) is 4.90 Å². The van der Waals surface area contributed by atoms with Crippen LogP contribution >= 0.6 is 11.6 Å². The van der Waals surface area contributed by atoms with E-state index in [-0.39, 0.29) is 27.9 Å². The maximum atomic E-state index is 12.8. The SMILES string of the molecule is COC(=O)c1ccc(Cl)c(S(=O)(=O)NCc2ccccc2CN2CCCC2=O)c1. The summed E-state index contributed by atoms with van der Waals surface area (Å²) < 4.78 is 32.7. The standard InChI is InChI=1S/C20H21ClN2O5S/c1-28-20(25)14-8-9-17(21)18(11-14)29(26,27)22-12-15-5-2-3-6-16(15)13-23-10-4-7-19(23)24/h2-3,5-6,8-9,11,22H,4,7,10,12-13H2,1H3. The zero-order valence-corrected chi connectivity index (χ0v) is 17.4. The number of likely N-dealkylation sites (tertiary alicyclic amines) is 1. The third-order valence-electron chi connectivity index (χ3n) is 4.75. The molecule has 2 aromatic rings. The molecule has 1 fully saturated rings. The highest BCUT2D eigenvalue weighted by Crippen LogP contribution is 2.24. The fourth-order valence-electron chi connectivity index (χ4n) is 3.17. The number of ether oxygens (including phenoxy) is 1. The highest BCUT2D eigenvalue weighted by atomic mass is 35.5. The van der Waals surface area contributed by atoms with Crippen molar-refractivity contribution in [3.8, 4) is 0 Å². The Labute approximate surface area is 174 Å². The molecule has 2 aromatic carbocycles. The van der Waals surface area contributed by atoms with E-state index in [1.807, 2.05) is 24.3 Å². The minimum absolute atomic E-state index is 0.00102. The lowest BCUT2D eigenvalue weighted by Gasteiger charge is -2.18. The molecule has 1 saturated heterocycles. The van der Waals surface area contributed by atoms with Gasteiger partial charge in [0.25, 0.3) is 0 Å². The van der Waals surface area contributed by atoms with Crippen molar-refractivity contribution in [2.24, 2.45) is 0 Å². The van der Waals surface area contributed by atoms with Gasteiger partial charge in [-0.05, 0) is 35.7 Å². The van der Waals surface area contributed by atoms with Gasteiger partial charge in [0.05, 0.1) is 17.7 Å². The van der Waals surface area contributed by atoms with Crippen molar-refractivity contribution >= 4 is 33.5 Å². The maximum Gasteiger partial charge on any atom is 0.337 e. The first kappa shape index (κ1) is 21.3. The molecule has 0 radical (unpaired) electrons. The van der Waals surface area contributed by atoms with Crippen molar-refractivity contribution in [2.75, 3.05) is 13.7 Å². The monoisotopic (exact) mass is 436 g/mol. The van der Waals surface area contributed by atoms with Crippen LogP contribution in [-0.2, 0) is 32.6 Å². The Kier molecular flexibility index (Phi) is 6.56. The number of sulfonamides is 1. The molecule has 7 nitrogen and oxygen atoms in total. The molecule has 29 heavy (non-hydrogen) atoms. The van der Waals surface area contributed by atoms with E-state index in [0.717, 1.165) is 17.5 Å². The molecule has 1 heterocycles. The van der Waals surface area contributed by atoms with Gasteiger partial charge in [-0.25, -0.2) is 17.9 Å². The normalized spacial score (nSPS) is 14.3. The molecule has 1 amide bonds. The zero-order chi connectivity index (χ0) is 21.0. The smallest absolute Gasteiger partial charge is 0.337 e. The average molecular weight is 437 g/mol. The first-order valence-corrected chi connectivity index (χ1v) is 10.9. The number of benzene rings is 2. The lowest BCUT2D eigenvalue weighted by molar-refractivity contribution is -0.128. The summed E-state index contributed by atoms with van der Waals surface area (Å²) in [5.41, 5.74) is 1.72. The third-order valence-corrected chi connectivity index (χ3v) is 6.63. The quantitative estimate of drug-likeness (QED) is 0.673. The summed E-state index contributed by atoms with van der Waals surface area (Å²) in [6.45, 7) is 1.17. The van der Waals surface area contributed by atoms with Gasteiger partial charge < -0.3 is 9.64 Å². The van der Waals surface area contributed by atoms with Crippen molar-refractivity contribution in [3.05, 3.63) is 64.2 Å². The second kappa shape index (κ2) is 8.94. The number of esters is 1. The number of nitrogens with zero attached hydrogens (tertiary/aromatic N) is 1. The van der Waals surface area contributed by atoms with E-state index in [2.05, 4.69) is 9.46 Å². The number of halogens is 1. The molecule has 0 bridgehead atoms. The van der Waals surface area contributed by atoms with Crippen LogP contribution in [0.25, 0.3) is 0 Å². The summed E-state index contributed by atoms with van der Waals surface area (Å²) in [7, 11) is -2.76. The summed E-state index contributed by atoms with van der Waals surface area (Å²) in [5.74, 6) is -0.550. The minimum Gasteiger partial charge on any atom is -0.465 e. The Morgan fingerprint density at radius 1 is 1.21 bits per heavy atom. The minimum atomic E-state index is -3.98. The van der Waals surface area contributed by atoms with Crippen LogP contribution in [0.15, 0.2) is 47.4 Å². The molecule has 0 saturated carbocycles. The van der Waals surface area contributed by atoms with Gasteiger partial charge in [0.2, 0.25) is 15.9 Å². The van der Waals surface area contributed by atoms with Gasteiger partial charge in [-0.15, -0.1) is 0 Å². The van der Waals surface area contributed by atoms with E-state index >= 15 is 0 Å². The van der Waals surface area contributed by atoms with E-state index < -0.39 is 16.0 Å². The lowest BCUT2D eigenvalue weighted by Crippen LogP contribution is -2.27. The summed E-state index contributed by atoms with van der Waals surface area (Å²) in [4.78, 5) is 25.2. The summed E-state index contributed by atoms with van der Waals surface area (Å²) in [6, 6.07) is 11.3. The number of hydrogen-bond acceptors (Lipinski definition) is 5. The van der Waals surface area contributed by atoms with Crippen molar-refractivity contribution in [1.82, 2.24) is 9.62 Å². The highest BCUT2D eigenvalue weighted by molar-refractivity contribution is 7.89. The van der Waals surface area contributed by atoms with E-state index in [4.69, 9.17) is 11.6 Å². The molecule has 0 spiro atoms. The van der Waals surface area contributed by atoms with Gasteiger partial charge >= 0.3 is 5.97 Å². The summed E-state index contributed by atoms with van der Waals surface area (Å²) in [6.07, 6.45) is 1.38. The predicted octanol–water partition coefficient (Wildman–Crippen LogP) is 2.73. The topological polar surface area (TPSA) is 92.8 Å². The third kappa shape index (κ3) is 4.95. The second-order valence-corrected chi connectivity index (χ2v) is 8.79. The van der Waals surface area contributed by atoms with Crippen LogP contribution in [0.2, 0.25) is 5.02 Å². The lowest BCUT2D eigenvalue weighted by atomic mass is 10.1. The van der Waals surface area contributed by atoms with Crippen LogP contribution < -0.4 is 4.72 Å². The van der Waals surface area contributed by atoms with E-state index in [9.17, 15) is 18.0 Å². The molecule has 0 atom stereocenters. The van der Waals surface area contributed by atoms with Gasteiger partial charge in [-0.2, -0.15) is 0 Å². The van der Waals surface area contributed by atoms with Crippen LogP contribution in [0.3, 0.4) is 0 Å². The molecule has 154 valence electrons. The number of rotatable bonds is 7. The van der Waals surface area contributed by atoms with Gasteiger partial charge in [-0.3, -0.25) is 4.79 Å². The Hall–Kier alpha value is -2.42. The number of carbonyl (C=O) groups is 2. The van der Waals surface area contributed by atoms with Gasteiger partial charge in [0.15, 0.2) is 0 Å². The van der Waals surface area contributed by atoms with Crippen LogP contribution in [0.5, 0.6) is 0 Å². The Morgan fingerprint density at radius 2 is 1.93 bits per heavy atom. The van der Waals surface area contributed by atoms with Crippen molar-refractivity contribution in [1.29, 1.82) is 0 Å². The molecule has 0 aliphatic carbocycles. The number of nitrogens with one attached hydrogen (secondary N) is 1. The first-order valence-electron chi connectivity index (χ1n) is 9.04. The van der Waals surface area contributed by atoms with Crippen LogP contribution in [0, 0.1) is 0 Å². The fourth-order valence-corrected chi connectivity index (χ4v) is 4.70. The first-order chi connectivity index (χ1) is 13.8. The molecule has 1 N–H and O–H groups in total. The second-order valence-electron chi connectivity index (χ2n) is 6.65. The average Bonchev–Trinajstić information content (AvgIpc) is 3.11. The van der Waals surface area contributed by atoms with E-state index in [0.29, 0.717) is 19.5 Å².